The number of rotatable bonds is 25. The molecule has 0 saturated carbocycles. The minimum Gasteiger partial charge on any atom is -0.493 e. The molecule has 0 fully saturated rings. The molecule has 0 bridgehead atoms. The van der Waals surface area contributed by atoms with Crippen molar-refractivity contribution < 1.29 is 38.6 Å². The first-order chi connectivity index (χ1) is 30.0. The van der Waals surface area contributed by atoms with E-state index < -0.39 is 35.6 Å². The van der Waals surface area contributed by atoms with Gasteiger partial charge in [0.25, 0.3) is 0 Å². The van der Waals surface area contributed by atoms with Crippen LogP contribution in [0.4, 0.5) is 27.8 Å². The SMILES string of the molecule is CCCCCCCCCCCCOc1ccccc1C(Oc1c(NC(C)=O)cc(N=Nc2snc3ccc(NC(=O)CCC(=O)O)cc23)cc1NC(C)=O)C(=O)c1ccccn1. The van der Waals surface area contributed by atoms with Crippen molar-refractivity contribution in [2.75, 3.05) is 22.6 Å². The van der Waals surface area contributed by atoms with Crippen LogP contribution in [-0.4, -0.2) is 50.5 Å². The molecule has 2 heterocycles. The first kappa shape index (κ1) is 46.5. The van der Waals surface area contributed by atoms with E-state index in [1.165, 1.54) is 77.1 Å². The number of unbranched alkanes of at least 4 members (excludes halogenated alkanes) is 9. The van der Waals surface area contributed by atoms with Crippen LogP contribution in [0.1, 0.15) is 120 Å². The number of azo groups is 1. The number of hydrogen-bond acceptors (Lipinski definition) is 12. The maximum atomic E-state index is 14.4. The molecule has 15 nitrogen and oxygen atoms in total. The van der Waals surface area contributed by atoms with Gasteiger partial charge in [0.05, 0.1) is 35.6 Å². The molecule has 5 aromatic rings. The summed E-state index contributed by atoms with van der Waals surface area (Å²) in [6, 6.07) is 20.1. The molecule has 2 aromatic heterocycles. The third-order valence-electron chi connectivity index (χ3n) is 9.61. The second-order valence-corrected chi connectivity index (χ2v) is 15.5. The lowest BCUT2D eigenvalue weighted by atomic mass is 10.0. The van der Waals surface area contributed by atoms with Gasteiger partial charge in [0.1, 0.15) is 11.4 Å². The van der Waals surface area contributed by atoms with Gasteiger partial charge in [-0.2, -0.15) is 4.37 Å². The molecule has 0 spiro atoms. The van der Waals surface area contributed by atoms with E-state index in [-0.39, 0.29) is 41.3 Å². The topological polar surface area (TPSA) is 211 Å². The van der Waals surface area contributed by atoms with Crippen molar-refractivity contribution in [1.82, 2.24) is 9.36 Å². The van der Waals surface area contributed by atoms with Crippen LogP contribution in [0.15, 0.2) is 89.2 Å². The standard InChI is InChI=1S/C46H53N7O8S/c1-4-5-6-7-8-9-10-11-12-17-26-60-40-20-14-13-18-34(40)44(43(59)37-19-15-16-25-47-37)61-45-38(48-30(2)54)28-33(29-39(45)49-31(3)55)51-52-46-35-27-32(21-22-36(35)53-62-46)50-41(56)23-24-42(57)58/h13-16,18-22,25,27-29,44H,4-12,17,23-24,26H2,1-3H3,(H,48,54)(H,49,55)(H,50,56)(H,57,58). The Morgan fingerprint density at radius 3 is 2.06 bits per heavy atom. The van der Waals surface area contributed by atoms with Crippen molar-refractivity contribution in [2.45, 2.75) is 104 Å². The first-order valence-corrected chi connectivity index (χ1v) is 21.7. The average Bonchev–Trinajstić information content (AvgIpc) is 3.66. The highest BCUT2D eigenvalue weighted by atomic mass is 32.1. The second-order valence-electron chi connectivity index (χ2n) is 14.7. The van der Waals surface area contributed by atoms with Gasteiger partial charge < -0.3 is 30.5 Å². The number of anilines is 3. The number of nitrogens with one attached hydrogen (secondary N) is 3. The fourth-order valence-electron chi connectivity index (χ4n) is 6.61. The number of aromatic nitrogens is 2. The van der Waals surface area contributed by atoms with Crippen molar-refractivity contribution in [3.63, 3.8) is 0 Å². The number of benzene rings is 3. The predicted molar refractivity (Wildman–Crippen MR) is 240 cm³/mol. The number of Topliss-reactive ketones (excluding diaryl/α,β-unsaturated/α-hetero) is 1. The summed E-state index contributed by atoms with van der Waals surface area (Å²) in [6.45, 7) is 5.28. The third kappa shape index (κ3) is 14.3. The lowest BCUT2D eigenvalue weighted by Crippen LogP contribution is -2.23. The second kappa shape index (κ2) is 24.0. The van der Waals surface area contributed by atoms with E-state index in [0.717, 1.165) is 30.8 Å². The highest BCUT2D eigenvalue weighted by Gasteiger charge is 2.31. The molecular formula is C46H53N7O8S. The Morgan fingerprint density at radius 2 is 1.42 bits per heavy atom. The molecular weight excluding hydrogens is 811 g/mol. The molecule has 326 valence electrons. The van der Waals surface area contributed by atoms with Crippen molar-refractivity contribution in [1.29, 1.82) is 0 Å². The van der Waals surface area contributed by atoms with E-state index in [1.54, 1.807) is 54.6 Å². The smallest absolute Gasteiger partial charge is 0.303 e. The molecule has 3 amide bonds. The van der Waals surface area contributed by atoms with E-state index in [9.17, 15) is 24.0 Å². The summed E-state index contributed by atoms with van der Waals surface area (Å²) in [5.74, 6) is -2.51. The van der Waals surface area contributed by atoms with Crippen LogP contribution < -0.4 is 25.4 Å². The molecule has 3 aromatic carbocycles. The first-order valence-electron chi connectivity index (χ1n) is 20.9. The maximum Gasteiger partial charge on any atom is 0.303 e. The zero-order valence-electron chi connectivity index (χ0n) is 35.3. The lowest BCUT2D eigenvalue weighted by Gasteiger charge is -2.24. The molecule has 0 aliphatic heterocycles. The number of ether oxygens (including phenoxy) is 2. The number of para-hydroxylation sites is 1. The number of carbonyl (C=O) groups excluding carboxylic acids is 4. The van der Waals surface area contributed by atoms with Crippen LogP contribution in [-0.2, 0) is 19.2 Å². The molecule has 4 N–H and O–H groups in total. The lowest BCUT2D eigenvalue weighted by molar-refractivity contribution is -0.138. The molecule has 1 atom stereocenters. The van der Waals surface area contributed by atoms with Gasteiger partial charge in [-0.1, -0.05) is 89.0 Å². The van der Waals surface area contributed by atoms with Gasteiger partial charge in [-0.15, -0.1) is 10.2 Å². The Morgan fingerprint density at radius 1 is 0.758 bits per heavy atom. The van der Waals surface area contributed by atoms with Crippen LogP contribution in [0.2, 0.25) is 0 Å². The summed E-state index contributed by atoms with van der Waals surface area (Å²) in [4.78, 5) is 67.2. The summed E-state index contributed by atoms with van der Waals surface area (Å²) in [5.41, 5.74) is 1.97. The van der Waals surface area contributed by atoms with E-state index in [2.05, 4.69) is 42.5 Å². The number of aliphatic carboxylic acids is 1. The van der Waals surface area contributed by atoms with Crippen molar-refractivity contribution in [2.24, 2.45) is 10.2 Å². The van der Waals surface area contributed by atoms with E-state index in [1.807, 2.05) is 6.07 Å². The summed E-state index contributed by atoms with van der Waals surface area (Å²) >= 11 is 1.06. The number of hydrogen-bond donors (Lipinski definition) is 4. The van der Waals surface area contributed by atoms with Gasteiger partial charge in [0.15, 0.2) is 16.9 Å². The molecule has 62 heavy (non-hydrogen) atoms. The van der Waals surface area contributed by atoms with Gasteiger partial charge in [-0.3, -0.25) is 29.0 Å². The molecule has 1 unspecified atom stereocenters. The normalized spacial score (nSPS) is 11.6. The van der Waals surface area contributed by atoms with Gasteiger partial charge in [0.2, 0.25) is 23.5 Å². The van der Waals surface area contributed by atoms with Gasteiger partial charge in [0, 0.05) is 43.1 Å². The van der Waals surface area contributed by atoms with Crippen molar-refractivity contribution in [3.8, 4) is 11.5 Å². The van der Waals surface area contributed by atoms with Gasteiger partial charge in [-0.05, 0) is 66.5 Å². The monoisotopic (exact) mass is 863 g/mol. The number of carbonyl (C=O) groups is 5. The van der Waals surface area contributed by atoms with Crippen LogP contribution in [0.3, 0.4) is 0 Å². The van der Waals surface area contributed by atoms with Crippen LogP contribution in [0.5, 0.6) is 11.5 Å². The Kier molecular flexibility index (Phi) is 18.0. The number of carboxylic acid groups (broad SMARTS) is 1. The quantitative estimate of drug-likeness (QED) is 0.0248. The van der Waals surface area contributed by atoms with Gasteiger partial charge >= 0.3 is 5.97 Å². The van der Waals surface area contributed by atoms with Crippen molar-refractivity contribution >= 4 is 79.7 Å². The molecule has 0 saturated heterocycles. The molecule has 0 aliphatic rings. The zero-order valence-corrected chi connectivity index (χ0v) is 36.1. The zero-order chi connectivity index (χ0) is 44.3. The maximum absolute atomic E-state index is 14.4. The Labute approximate surface area is 364 Å². The van der Waals surface area contributed by atoms with Crippen molar-refractivity contribution in [3.05, 3.63) is 90.3 Å². The van der Waals surface area contributed by atoms with E-state index in [4.69, 9.17) is 14.6 Å². The molecule has 16 heteroatoms. The van der Waals surface area contributed by atoms with E-state index in [0.29, 0.717) is 39.5 Å². The van der Waals surface area contributed by atoms with Crippen LogP contribution >= 0.6 is 11.5 Å². The number of fused-ring (bicyclic) bond motifs is 1. The summed E-state index contributed by atoms with van der Waals surface area (Å²) in [5, 5.41) is 26.9. The predicted octanol–water partition coefficient (Wildman–Crippen LogP) is 11.1. The largest absolute Gasteiger partial charge is 0.493 e. The highest BCUT2D eigenvalue weighted by molar-refractivity contribution is 7.11. The fourth-order valence-corrected chi connectivity index (χ4v) is 7.29. The number of amides is 3. The number of carboxylic acids is 1. The minimum atomic E-state index is -1.33. The summed E-state index contributed by atoms with van der Waals surface area (Å²) in [7, 11) is 0. The van der Waals surface area contributed by atoms with Gasteiger partial charge in [-0.25, -0.2) is 0 Å². The summed E-state index contributed by atoms with van der Waals surface area (Å²) in [6.07, 6.45) is 11.5. The van der Waals surface area contributed by atoms with E-state index >= 15 is 0 Å². The number of nitrogens with zero attached hydrogens (tertiary/aromatic N) is 4. The average molecular weight is 864 g/mol. The third-order valence-corrected chi connectivity index (χ3v) is 10.4. The molecule has 0 aliphatic carbocycles. The molecule has 5 rings (SSSR count). The number of pyridine rings is 1. The van der Waals surface area contributed by atoms with Crippen LogP contribution in [0.25, 0.3) is 10.9 Å². The Balaban J connectivity index is 1.43. The Bertz CT molecular complexity index is 2310. The molecule has 0 radical (unpaired) electrons. The fraction of sp³-hybridized carbons (Fsp3) is 0.370. The Hall–Kier alpha value is -6.55. The minimum absolute atomic E-state index is 0.0142. The highest BCUT2D eigenvalue weighted by Crippen LogP contribution is 2.43. The summed E-state index contributed by atoms with van der Waals surface area (Å²) < 4.78 is 17.3. The van der Waals surface area contributed by atoms with Crippen LogP contribution in [0, 0.1) is 0 Å². The number of ketones is 1.